The van der Waals surface area contributed by atoms with Gasteiger partial charge in [0, 0.05) is 17.2 Å². The zero-order valence-electron chi connectivity index (χ0n) is 13.3. The summed E-state index contributed by atoms with van der Waals surface area (Å²) in [7, 11) is 0. The van der Waals surface area contributed by atoms with E-state index in [4.69, 9.17) is 11.6 Å². The number of carbonyl (C=O) groups is 2. The van der Waals surface area contributed by atoms with Crippen molar-refractivity contribution in [2.75, 3.05) is 5.01 Å². The number of nitrogens with zero attached hydrogens (tertiary/aromatic N) is 2. The Bertz CT molecular complexity index is 968. The number of halogens is 1. The molecule has 2 aromatic rings. The number of anilines is 1. The molecule has 2 amide bonds. The summed E-state index contributed by atoms with van der Waals surface area (Å²) in [6.45, 7) is 0. The van der Waals surface area contributed by atoms with Gasteiger partial charge in [-0.05, 0) is 29.8 Å². The standard InChI is InChI=1S/C18H12ClN3O4/c19-13-6-3-7-14(11-13)21-18(24)16(17(23)20-21)9-2-5-12-4-1-8-15(10-12)22(25)26/h1-11H,(H,20,23). The lowest BCUT2D eigenvalue weighted by Crippen LogP contribution is -2.35. The fourth-order valence-corrected chi connectivity index (χ4v) is 2.56. The maximum Gasteiger partial charge on any atom is 0.282 e. The molecular weight excluding hydrogens is 358 g/mol. The minimum Gasteiger partial charge on any atom is -0.267 e. The zero-order chi connectivity index (χ0) is 18.7. The van der Waals surface area contributed by atoms with Gasteiger partial charge in [-0.3, -0.25) is 25.1 Å². The number of nitro benzene ring substituents is 1. The zero-order valence-corrected chi connectivity index (χ0v) is 14.0. The Kier molecular flexibility index (Phi) is 4.81. The summed E-state index contributed by atoms with van der Waals surface area (Å²) in [6.07, 6.45) is 4.43. The highest BCUT2D eigenvalue weighted by molar-refractivity contribution is 6.32. The number of nitro groups is 1. The minimum absolute atomic E-state index is 0.0402. The Balaban J connectivity index is 1.81. The molecule has 0 aromatic heterocycles. The van der Waals surface area contributed by atoms with Crippen LogP contribution in [0, 0.1) is 10.1 Å². The highest BCUT2D eigenvalue weighted by Gasteiger charge is 2.33. The van der Waals surface area contributed by atoms with Gasteiger partial charge in [-0.25, -0.2) is 5.01 Å². The third kappa shape index (κ3) is 3.62. The van der Waals surface area contributed by atoms with Crippen LogP contribution in [0.5, 0.6) is 0 Å². The van der Waals surface area contributed by atoms with Gasteiger partial charge in [-0.2, -0.15) is 0 Å². The van der Waals surface area contributed by atoms with Crippen LogP contribution in [0.2, 0.25) is 5.02 Å². The van der Waals surface area contributed by atoms with Crippen molar-refractivity contribution in [2.45, 2.75) is 0 Å². The van der Waals surface area contributed by atoms with E-state index in [1.807, 2.05) is 0 Å². The van der Waals surface area contributed by atoms with Crippen molar-refractivity contribution in [3.8, 4) is 0 Å². The molecule has 130 valence electrons. The van der Waals surface area contributed by atoms with Crippen LogP contribution >= 0.6 is 11.6 Å². The fraction of sp³-hybridized carbons (Fsp3) is 0. The molecule has 0 spiro atoms. The van der Waals surface area contributed by atoms with Crippen LogP contribution in [0.25, 0.3) is 6.08 Å². The molecule has 1 aliphatic rings. The largest absolute Gasteiger partial charge is 0.282 e. The van der Waals surface area contributed by atoms with E-state index in [9.17, 15) is 19.7 Å². The number of hydrazine groups is 1. The first-order valence-corrected chi connectivity index (χ1v) is 7.87. The van der Waals surface area contributed by atoms with E-state index in [2.05, 4.69) is 5.43 Å². The number of carbonyl (C=O) groups excluding carboxylic acids is 2. The van der Waals surface area contributed by atoms with E-state index in [1.54, 1.807) is 42.5 Å². The molecule has 0 saturated carbocycles. The first kappa shape index (κ1) is 17.4. The number of hydrogen-bond acceptors (Lipinski definition) is 4. The second-order valence-corrected chi connectivity index (χ2v) is 5.79. The van der Waals surface area contributed by atoms with Gasteiger partial charge in [0.25, 0.3) is 17.5 Å². The number of benzene rings is 2. The van der Waals surface area contributed by atoms with Gasteiger partial charge >= 0.3 is 0 Å². The predicted molar refractivity (Wildman–Crippen MR) is 97.3 cm³/mol. The quantitative estimate of drug-likeness (QED) is 0.387. The van der Waals surface area contributed by atoms with E-state index in [0.29, 0.717) is 16.3 Å². The second-order valence-electron chi connectivity index (χ2n) is 5.35. The lowest BCUT2D eigenvalue weighted by Gasteiger charge is -2.14. The minimum atomic E-state index is -0.543. The molecule has 3 rings (SSSR count). The van der Waals surface area contributed by atoms with Crippen LogP contribution in [-0.4, -0.2) is 16.7 Å². The molecule has 0 aliphatic carbocycles. The Morgan fingerprint density at radius 3 is 2.62 bits per heavy atom. The average molecular weight is 370 g/mol. The average Bonchev–Trinajstić information content (AvgIpc) is 2.90. The van der Waals surface area contributed by atoms with Gasteiger partial charge in [-0.1, -0.05) is 42.0 Å². The molecule has 0 bridgehead atoms. The van der Waals surface area contributed by atoms with Gasteiger partial charge in [0.15, 0.2) is 0 Å². The maximum atomic E-state index is 12.4. The van der Waals surface area contributed by atoms with Gasteiger partial charge in [0.05, 0.1) is 10.6 Å². The first-order chi connectivity index (χ1) is 12.5. The monoisotopic (exact) mass is 369 g/mol. The van der Waals surface area contributed by atoms with Gasteiger partial charge in [0.2, 0.25) is 0 Å². The molecule has 1 heterocycles. The Morgan fingerprint density at radius 1 is 1.12 bits per heavy atom. The molecule has 26 heavy (non-hydrogen) atoms. The van der Waals surface area contributed by atoms with Crippen molar-refractivity contribution >= 4 is 40.9 Å². The third-order valence-electron chi connectivity index (χ3n) is 3.59. The van der Waals surface area contributed by atoms with E-state index in [-0.39, 0.29) is 11.3 Å². The molecule has 0 atom stereocenters. The lowest BCUT2D eigenvalue weighted by molar-refractivity contribution is -0.384. The summed E-state index contributed by atoms with van der Waals surface area (Å²) in [4.78, 5) is 34.7. The molecule has 2 aromatic carbocycles. The molecule has 0 radical (unpaired) electrons. The molecule has 1 saturated heterocycles. The van der Waals surface area contributed by atoms with Crippen LogP contribution in [-0.2, 0) is 9.59 Å². The number of hydrogen-bond donors (Lipinski definition) is 1. The van der Waals surface area contributed by atoms with Crippen molar-refractivity contribution in [3.63, 3.8) is 0 Å². The van der Waals surface area contributed by atoms with Crippen LogP contribution in [0.3, 0.4) is 0 Å². The summed E-state index contributed by atoms with van der Waals surface area (Å²) in [6, 6.07) is 12.5. The fourth-order valence-electron chi connectivity index (χ4n) is 2.37. The van der Waals surface area contributed by atoms with Crippen molar-refractivity contribution in [1.82, 2.24) is 5.43 Å². The molecule has 1 N–H and O–H groups in total. The highest BCUT2D eigenvalue weighted by atomic mass is 35.5. The van der Waals surface area contributed by atoms with E-state index in [0.717, 1.165) is 5.01 Å². The Hall–Kier alpha value is -3.45. The molecule has 1 aliphatic heterocycles. The van der Waals surface area contributed by atoms with Crippen molar-refractivity contribution < 1.29 is 14.5 Å². The predicted octanol–water partition coefficient (Wildman–Crippen LogP) is 3.27. The van der Waals surface area contributed by atoms with Gasteiger partial charge in [-0.15, -0.1) is 0 Å². The van der Waals surface area contributed by atoms with E-state index in [1.165, 1.54) is 24.3 Å². The first-order valence-electron chi connectivity index (χ1n) is 7.49. The van der Waals surface area contributed by atoms with Crippen molar-refractivity contribution in [2.24, 2.45) is 0 Å². The number of nitrogens with one attached hydrogen (secondary N) is 1. The molecule has 8 heteroatoms. The summed E-state index contributed by atoms with van der Waals surface area (Å²) < 4.78 is 0. The van der Waals surface area contributed by atoms with Gasteiger partial charge < -0.3 is 0 Å². The Morgan fingerprint density at radius 2 is 1.88 bits per heavy atom. The van der Waals surface area contributed by atoms with Crippen LogP contribution in [0.15, 0.2) is 66.3 Å². The number of amides is 2. The van der Waals surface area contributed by atoms with Crippen LogP contribution < -0.4 is 10.4 Å². The smallest absolute Gasteiger partial charge is 0.267 e. The molecule has 7 nitrogen and oxygen atoms in total. The highest BCUT2D eigenvalue weighted by Crippen LogP contribution is 2.23. The summed E-state index contributed by atoms with van der Waals surface area (Å²) >= 11 is 5.91. The normalized spacial score (nSPS) is 15.7. The summed E-state index contributed by atoms with van der Waals surface area (Å²) in [5.41, 5.74) is 3.40. The summed E-state index contributed by atoms with van der Waals surface area (Å²) in [5, 5.41) is 12.3. The van der Waals surface area contributed by atoms with Crippen LogP contribution in [0.1, 0.15) is 5.56 Å². The van der Waals surface area contributed by atoms with Crippen molar-refractivity contribution in [3.05, 3.63) is 87.0 Å². The third-order valence-corrected chi connectivity index (χ3v) is 3.83. The number of non-ortho nitro benzene ring substituents is 1. The number of allylic oxidation sites excluding steroid dienone is 2. The van der Waals surface area contributed by atoms with E-state index >= 15 is 0 Å². The topological polar surface area (TPSA) is 92.6 Å². The molecular formula is C18H12ClN3O4. The summed E-state index contributed by atoms with van der Waals surface area (Å²) in [5.74, 6) is -1.06. The van der Waals surface area contributed by atoms with Crippen LogP contribution in [0.4, 0.5) is 11.4 Å². The molecule has 1 fully saturated rings. The number of rotatable bonds is 4. The Labute approximate surface area is 153 Å². The maximum absolute atomic E-state index is 12.4. The van der Waals surface area contributed by atoms with Gasteiger partial charge in [0.1, 0.15) is 5.57 Å². The molecule has 0 unspecified atom stereocenters. The SMILES string of the molecule is O=C1NN(c2cccc(Cl)c2)C(=O)C1=CC=Cc1cccc([N+](=O)[O-])c1. The lowest BCUT2D eigenvalue weighted by atomic mass is 10.1. The second kappa shape index (κ2) is 7.20. The van der Waals surface area contributed by atoms with E-state index < -0.39 is 16.7 Å². The van der Waals surface area contributed by atoms with Crippen molar-refractivity contribution in [1.29, 1.82) is 0 Å².